The Labute approximate surface area is 170 Å². The molecule has 1 aliphatic carbocycles. The van der Waals surface area contributed by atoms with Gasteiger partial charge in [0.05, 0.1) is 11.1 Å². The molecule has 1 atom stereocenters. The number of pyridine rings is 1. The Kier molecular flexibility index (Phi) is 5.86. The molecule has 0 radical (unpaired) electrons. The Bertz CT molecular complexity index is 968. The van der Waals surface area contributed by atoms with Crippen LogP contribution in [0.25, 0.3) is 10.9 Å². The molecular weight excluding hydrogens is 370 g/mol. The number of nitrogens with one attached hydrogen (secondary N) is 1. The van der Waals surface area contributed by atoms with Crippen molar-refractivity contribution in [1.82, 2.24) is 10.3 Å². The number of fused-ring (bicyclic) bond motifs is 2. The smallest absolute Gasteiger partial charge is 0.339 e. The molecule has 3 amide bonds. The summed E-state index contributed by atoms with van der Waals surface area (Å²) in [6, 6.07) is 6.46. The van der Waals surface area contributed by atoms with Gasteiger partial charge in [-0.25, -0.2) is 9.59 Å². The number of benzene rings is 1. The summed E-state index contributed by atoms with van der Waals surface area (Å²) in [6.45, 7) is 6.12. The van der Waals surface area contributed by atoms with E-state index in [0.717, 1.165) is 42.5 Å². The number of urea groups is 1. The summed E-state index contributed by atoms with van der Waals surface area (Å²) >= 11 is 0. The first kappa shape index (κ1) is 20.8. The largest absolute Gasteiger partial charge is 0.452 e. The van der Waals surface area contributed by atoms with Crippen LogP contribution >= 0.6 is 0 Å². The number of rotatable bonds is 5. The zero-order valence-corrected chi connectivity index (χ0v) is 17.1. The molecule has 1 aromatic heterocycles. The summed E-state index contributed by atoms with van der Waals surface area (Å²) in [7, 11) is 0. The summed E-state index contributed by atoms with van der Waals surface area (Å²) in [5, 5.41) is 2.60. The van der Waals surface area contributed by atoms with E-state index < -0.39 is 24.5 Å². The summed E-state index contributed by atoms with van der Waals surface area (Å²) in [5.74, 6) is -0.926. The van der Waals surface area contributed by atoms with Gasteiger partial charge in [-0.3, -0.25) is 15.1 Å². The molecule has 0 saturated heterocycles. The van der Waals surface area contributed by atoms with Crippen LogP contribution in [0.4, 0.5) is 4.79 Å². The minimum atomic E-state index is -0.984. The average molecular weight is 397 g/mol. The van der Waals surface area contributed by atoms with Gasteiger partial charge >= 0.3 is 12.0 Å². The van der Waals surface area contributed by atoms with Gasteiger partial charge in [-0.15, -0.1) is 0 Å². The van der Waals surface area contributed by atoms with Crippen molar-refractivity contribution in [2.75, 3.05) is 6.61 Å². The monoisotopic (exact) mass is 397 g/mol. The van der Waals surface area contributed by atoms with Crippen molar-refractivity contribution in [1.29, 1.82) is 0 Å². The van der Waals surface area contributed by atoms with E-state index in [9.17, 15) is 14.4 Å². The van der Waals surface area contributed by atoms with E-state index in [1.807, 2.05) is 29.6 Å². The molecule has 7 nitrogen and oxygen atoms in total. The number of primary amides is 1. The highest BCUT2D eigenvalue weighted by Gasteiger charge is 2.34. The third-order valence-corrected chi connectivity index (χ3v) is 6.08. The zero-order valence-electron chi connectivity index (χ0n) is 17.1. The van der Waals surface area contributed by atoms with E-state index in [-0.39, 0.29) is 5.41 Å². The van der Waals surface area contributed by atoms with Gasteiger partial charge < -0.3 is 10.5 Å². The van der Waals surface area contributed by atoms with Gasteiger partial charge in [-0.05, 0) is 42.2 Å². The second-order valence-electron chi connectivity index (χ2n) is 8.20. The molecule has 0 unspecified atom stereocenters. The van der Waals surface area contributed by atoms with Crippen molar-refractivity contribution < 1.29 is 19.1 Å². The van der Waals surface area contributed by atoms with Crippen molar-refractivity contribution >= 4 is 28.8 Å². The van der Waals surface area contributed by atoms with Crippen LogP contribution < -0.4 is 11.1 Å². The maximum Gasteiger partial charge on any atom is 0.339 e. The molecule has 3 rings (SSSR count). The van der Waals surface area contributed by atoms with Crippen LogP contribution in [-0.2, 0) is 22.4 Å². The highest BCUT2D eigenvalue weighted by molar-refractivity contribution is 6.06. The van der Waals surface area contributed by atoms with Crippen LogP contribution in [-0.4, -0.2) is 29.5 Å². The lowest BCUT2D eigenvalue weighted by Crippen LogP contribution is -2.38. The second-order valence-corrected chi connectivity index (χ2v) is 8.20. The Balaban J connectivity index is 1.99. The molecule has 1 heterocycles. The molecule has 0 saturated carbocycles. The van der Waals surface area contributed by atoms with Gasteiger partial charge in [-0.1, -0.05) is 45.4 Å². The Morgan fingerprint density at radius 3 is 2.69 bits per heavy atom. The van der Waals surface area contributed by atoms with Crippen LogP contribution in [0.2, 0.25) is 0 Å². The number of para-hydroxylation sites is 1. The lowest BCUT2D eigenvalue weighted by atomic mass is 9.68. The summed E-state index contributed by atoms with van der Waals surface area (Å²) in [6.07, 6.45) is 3.61. The van der Waals surface area contributed by atoms with E-state index in [0.29, 0.717) is 16.9 Å². The first-order valence-electron chi connectivity index (χ1n) is 9.89. The molecule has 29 heavy (non-hydrogen) atoms. The standard InChI is InChI=1S/C22H27N3O4/c1-4-22(2,3)13-9-10-17-15(11-13)19(14-7-5-6-8-16(14)24-17)20(27)29-12-18(26)25-21(23)28/h5-8,13H,4,9-12H2,1-3H3,(H3,23,25,26,28)/t13-/m1/s1. The number of aryl methyl sites for hydroxylation is 1. The number of imide groups is 1. The number of hydrogen-bond acceptors (Lipinski definition) is 5. The molecule has 1 aliphatic rings. The predicted octanol–water partition coefficient (Wildman–Crippen LogP) is 3.13. The topological polar surface area (TPSA) is 111 Å². The summed E-state index contributed by atoms with van der Waals surface area (Å²) in [4.78, 5) is 40.2. The van der Waals surface area contributed by atoms with Crippen LogP contribution in [0.3, 0.4) is 0 Å². The van der Waals surface area contributed by atoms with E-state index in [2.05, 4.69) is 20.8 Å². The fourth-order valence-electron chi connectivity index (χ4n) is 3.95. The number of hydrogen-bond donors (Lipinski definition) is 2. The predicted molar refractivity (Wildman–Crippen MR) is 109 cm³/mol. The van der Waals surface area contributed by atoms with E-state index in [1.165, 1.54) is 0 Å². The van der Waals surface area contributed by atoms with Gasteiger partial charge in [0.2, 0.25) is 0 Å². The number of carbonyl (C=O) groups is 3. The second kappa shape index (κ2) is 8.19. The summed E-state index contributed by atoms with van der Waals surface area (Å²) in [5.41, 5.74) is 8.09. The number of nitrogens with two attached hydrogens (primary N) is 1. The molecular formula is C22H27N3O4. The molecule has 3 N–H and O–H groups in total. The number of aromatic nitrogens is 1. The minimum Gasteiger partial charge on any atom is -0.452 e. The van der Waals surface area contributed by atoms with Gasteiger partial charge in [-0.2, -0.15) is 0 Å². The quantitative estimate of drug-likeness (QED) is 0.753. The molecule has 0 aliphatic heterocycles. The Morgan fingerprint density at radius 2 is 2.00 bits per heavy atom. The maximum absolute atomic E-state index is 13.0. The highest BCUT2D eigenvalue weighted by atomic mass is 16.5. The molecule has 0 spiro atoms. The number of esters is 1. The van der Waals surface area contributed by atoms with Crippen molar-refractivity contribution in [2.24, 2.45) is 17.1 Å². The SMILES string of the molecule is CCC(C)(C)[C@@H]1CCc2nc3ccccc3c(C(=O)OCC(=O)NC(N)=O)c2C1. The van der Waals surface area contributed by atoms with Crippen LogP contribution in [0, 0.1) is 11.3 Å². The number of amides is 3. The third-order valence-electron chi connectivity index (χ3n) is 6.08. The zero-order chi connectivity index (χ0) is 21.2. The number of nitrogens with zero attached hydrogens (tertiary/aromatic N) is 1. The lowest BCUT2D eigenvalue weighted by Gasteiger charge is -2.37. The van der Waals surface area contributed by atoms with Gasteiger partial charge in [0.15, 0.2) is 6.61 Å². The van der Waals surface area contributed by atoms with Crippen molar-refractivity contribution in [3.8, 4) is 0 Å². The van der Waals surface area contributed by atoms with Crippen LogP contribution in [0.5, 0.6) is 0 Å². The molecule has 154 valence electrons. The van der Waals surface area contributed by atoms with Gasteiger partial charge in [0.1, 0.15) is 0 Å². The number of carbonyl (C=O) groups excluding carboxylic acids is 3. The Morgan fingerprint density at radius 1 is 1.28 bits per heavy atom. The van der Waals surface area contributed by atoms with E-state index in [4.69, 9.17) is 15.5 Å². The van der Waals surface area contributed by atoms with Gasteiger partial charge in [0.25, 0.3) is 5.91 Å². The van der Waals surface area contributed by atoms with E-state index >= 15 is 0 Å². The Hall–Kier alpha value is -2.96. The molecule has 1 aromatic carbocycles. The number of ether oxygens (including phenoxy) is 1. The van der Waals surface area contributed by atoms with Crippen molar-refractivity contribution in [2.45, 2.75) is 46.5 Å². The fraction of sp³-hybridized carbons (Fsp3) is 0.455. The van der Waals surface area contributed by atoms with Crippen LogP contribution in [0.15, 0.2) is 24.3 Å². The van der Waals surface area contributed by atoms with Crippen LogP contribution in [0.1, 0.15) is 55.2 Å². The molecule has 7 heteroatoms. The van der Waals surface area contributed by atoms with Crippen molar-refractivity contribution in [3.63, 3.8) is 0 Å². The molecule has 2 aromatic rings. The summed E-state index contributed by atoms with van der Waals surface area (Å²) < 4.78 is 5.23. The minimum absolute atomic E-state index is 0.145. The first-order chi connectivity index (χ1) is 13.7. The molecule has 0 fully saturated rings. The van der Waals surface area contributed by atoms with Gasteiger partial charge in [0, 0.05) is 11.1 Å². The third kappa shape index (κ3) is 4.39. The fourth-order valence-corrected chi connectivity index (χ4v) is 3.95. The first-order valence-corrected chi connectivity index (χ1v) is 9.89. The molecule has 0 bridgehead atoms. The van der Waals surface area contributed by atoms with E-state index in [1.54, 1.807) is 0 Å². The average Bonchev–Trinajstić information content (AvgIpc) is 2.69. The maximum atomic E-state index is 13.0. The normalized spacial score (nSPS) is 16.2. The lowest BCUT2D eigenvalue weighted by molar-refractivity contribution is -0.123. The van der Waals surface area contributed by atoms with Crippen molar-refractivity contribution in [3.05, 3.63) is 41.1 Å². The highest BCUT2D eigenvalue weighted by Crippen LogP contribution is 2.41.